The highest BCUT2D eigenvalue weighted by Crippen LogP contribution is 2.14. The Morgan fingerprint density at radius 1 is 1.48 bits per heavy atom. The Kier molecular flexibility index (Phi) is 4.95. The quantitative estimate of drug-likeness (QED) is 0.778. The molecule has 6 nitrogen and oxygen atoms in total. The molecule has 114 valence electrons. The lowest BCUT2D eigenvalue weighted by molar-refractivity contribution is -0.132. The van der Waals surface area contributed by atoms with Gasteiger partial charge in [-0.05, 0) is 23.8 Å². The minimum atomic E-state index is -0.511. The molecule has 0 spiro atoms. The van der Waals surface area contributed by atoms with Crippen molar-refractivity contribution < 1.29 is 14.4 Å². The SMILES string of the molecule is CC(C)CC1NC(=O)N(CC(=O)NCc2cccs2)C1=O. The van der Waals surface area contributed by atoms with E-state index in [1.165, 1.54) is 0 Å². The third-order valence-corrected chi connectivity index (χ3v) is 4.03. The molecule has 2 rings (SSSR count). The molecule has 0 aromatic carbocycles. The minimum absolute atomic E-state index is 0.232. The zero-order valence-corrected chi connectivity index (χ0v) is 12.9. The molecule has 1 atom stereocenters. The monoisotopic (exact) mass is 309 g/mol. The number of rotatable bonds is 6. The van der Waals surface area contributed by atoms with Crippen LogP contribution in [0.2, 0.25) is 0 Å². The fourth-order valence-corrected chi connectivity index (χ4v) is 2.80. The fraction of sp³-hybridized carbons (Fsp3) is 0.500. The van der Waals surface area contributed by atoms with E-state index in [1.807, 2.05) is 31.4 Å². The van der Waals surface area contributed by atoms with Crippen LogP contribution in [-0.4, -0.2) is 35.3 Å². The normalized spacial score (nSPS) is 18.2. The maximum atomic E-state index is 12.1. The summed E-state index contributed by atoms with van der Waals surface area (Å²) < 4.78 is 0. The Labute approximate surface area is 127 Å². The Morgan fingerprint density at radius 3 is 2.86 bits per heavy atom. The van der Waals surface area contributed by atoms with Crippen LogP contribution in [0.3, 0.4) is 0 Å². The molecule has 1 unspecified atom stereocenters. The summed E-state index contributed by atoms with van der Waals surface area (Å²) in [5.74, 6) is -0.357. The van der Waals surface area contributed by atoms with Crippen LogP contribution in [0.4, 0.5) is 4.79 Å². The molecule has 2 heterocycles. The number of carbonyl (C=O) groups is 3. The predicted octanol–water partition coefficient (Wildman–Crippen LogP) is 1.33. The van der Waals surface area contributed by atoms with Crippen molar-refractivity contribution in [3.05, 3.63) is 22.4 Å². The summed E-state index contributed by atoms with van der Waals surface area (Å²) in [5.41, 5.74) is 0. The van der Waals surface area contributed by atoms with Gasteiger partial charge in [-0.3, -0.25) is 14.5 Å². The van der Waals surface area contributed by atoms with E-state index >= 15 is 0 Å². The predicted molar refractivity (Wildman–Crippen MR) is 79.7 cm³/mol. The molecule has 1 saturated heterocycles. The summed E-state index contributed by atoms with van der Waals surface area (Å²) in [6, 6.07) is 2.82. The van der Waals surface area contributed by atoms with Gasteiger partial charge in [0.15, 0.2) is 0 Å². The van der Waals surface area contributed by atoms with Gasteiger partial charge in [0.2, 0.25) is 5.91 Å². The van der Waals surface area contributed by atoms with Crippen LogP contribution in [0.5, 0.6) is 0 Å². The Balaban J connectivity index is 1.85. The van der Waals surface area contributed by atoms with Gasteiger partial charge in [-0.25, -0.2) is 4.79 Å². The molecule has 1 fully saturated rings. The molecule has 1 aliphatic rings. The lowest BCUT2D eigenvalue weighted by Gasteiger charge is -2.13. The van der Waals surface area contributed by atoms with Crippen LogP contribution in [0.25, 0.3) is 0 Å². The number of amides is 4. The highest BCUT2D eigenvalue weighted by Gasteiger charge is 2.38. The molecule has 1 aromatic heterocycles. The van der Waals surface area contributed by atoms with Gasteiger partial charge in [-0.1, -0.05) is 19.9 Å². The molecule has 2 N–H and O–H groups in total. The van der Waals surface area contributed by atoms with Crippen LogP contribution in [0.1, 0.15) is 25.1 Å². The van der Waals surface area contributed by atoms with Crippen molar-refractivity contribution in [1.29, 1.82) is 0 Å². The molecule has 0 saturated carbocycles. The number of thiophene rings is 1. The second-order valence-corrected chi connectivity index (χ2v) is 6.44. The average molecular weight is 309 g/mol. The Bertz CT molecular complexity index is 528. The summed E-state index contributed by atoms with van der Waals surface area (Å²) >= 11 is 1.54. The largest absolute Gasteiger partial charge is 0.350 e. The summed E-state index contributed by atoms with van der Waals surface area (Å²) in [6.45, 7) is 4.14. The van der Waals surface area contributed by atoms with E-state index in [0.29, 0.717) is 18.9 Å². The number of carbonyl (C=O) groups excluding carboxylic acids is 3. The van der Waals surface area contributed by atoms with Crippen molar-refractivity contribution >= 4 is 29.2 Å². The van der Waals surface area contributed by atoms with Gasteiger partial charge in [0.25, 0.3) is 5.91 Å². The second-order valence-electron chi connectivity index (χ2n) is 5.41. The number of hydrogen-bond acceptors (Lipinski definition) is 4. The first-order chi connectivity index (χ1) is 9.97. The first-order valence-corrected chi connectivity index (χ1v) is 7.76. The van der Waals surface area contributed by atoms with E-state index in [9.17, 15) is 14.4 Å². The number of imide groups is 1. The van der Waals surface area contributed by atoms with Crippen LogP contribution in [0.15, 0.2) is 17.5 Å². The molecule has 0 aliphatic carbocycles. The van der Waals surface area contributed by atoms with Crippen LogP contribution < -0.4 is 10.6 Å². The summed E-state index contributed by atoms with van der Waals surface area (Å²) in [4.78, 5) is 37.7. The van der Waals surface area contributed by atoms with E-state index in [1.54, 1.807) is 11.3 Å². The van der Waals surface area contributed by atoms with Gasteiger partial charge >= 0.3 is 6.03 Å². The van der Waals surface area contributed by atoms with Crippen LogP contribution >= 0.6 is 11.3 Å². The van der Waals surface area contributed by atoms with Crippen molar-refractivity contribution in [2.24, 2.45) is 5.92 Å². The van der Waals surface area contributed by atoms with Gasteiger partial charge in [0.1, 0.15) is 12.6 Å². The van der Waals surface area contributed by atoms with Crippen molar-refractivity contribution in [3.63, 3.8) is 0 Å². The number of nitrogens with one attached hydrogen (secondary N) is 2. The standard InChI is InChI=1S/C14H19N3O3S/c1-9(2)6-11-13(19)17(14(20)16-11)8-12(18)15-7-10-4-3-5-21-10/h3-5,9,11H,6-8H2,1-2H3,(H,15,18)(H,16,20). The van der Waals surface area contributed by atoms with E-state index in [0.717, 1.165) is 9.78 Å². The van der Waals surface area contributed by atoms with Gasteiger partial charge in [0.05, 0.1) is 6.54 Å². The van der Waals surface area contributed by atoms with E-state index < -0.39 is 12.1 Å². The first kappa shape index (κ1) is 15.5. The van der Waals surface area contributed by atoms with E-state index in [2.05, 4.69) is 10.6 Å². The third kappa shape index (κ3) is 4.04. The smallest absolute Gasteiger partial charge is 0.325 e. The lowest BCUT2D eigenvalue weighted by Crippen LogP contribution is -2.41. The summed E-state index contributed by atoms with van der Waals surface area (Å²) in [6.07, 6.45) is 0.581. The number of hydrogen-bond donors (Lipinski definition) is 2. The molecule has 4 amide bonds. The van der Waals surface area contributed by atoms with Crippen molar-refractivity contribution in [2.45, 2.75) is 32.9 Å². The minimum Gasteiger partial charge on any atom is -0.350 e. The van der Waals surface area contributed by atoms with Gasteiger partial charge in [0, 0.05) is 4.88 Å². The summed E-state index contributed by atoms with van der Waals surface area (Å²) in [7, 11) is 0. The van der Waals surface area contributed by atoms with Gasteiger partial charge < -0.3 is 10.6 Å². The zero-order valence-electron chi connectivity index (χ0n) is 12.1. The third-order valence-electron chi connectivity index (χ3n) is 3.16. The van der Waals surface area contributed by atoms with Crippen molar-refractivity contribution in [2.75, 3.05) is 6.54 Å². The molecule has 1 aliphatic heterocycles. The maximum absolute atomic E-state index is 12.1. The molecular weight excluding hydrogens is 290 g/mol. The summed E-state index contributed by atoms with van der Waals surface area (Å²) in [5, 5.41) is 7.25. The van der Waals surface area contributed by atoms with Gasteiger partial charge in [-0.15, -0.1) is 11.3 Å². The lowest BCUT2D eigenvalue weighted by atomic mass is 10.0. The molecule has 0 bridgehead atoms. The van der Waals surface area contributed by atoms with Crippen LogP contribution in [0, 0.1) is 5.92 Å². The Hall–Kier alpha value is -1.89. The zero-order chi connectivity index (χ0) is 15.4. The number of nitrogens with zero attached hydrogens (tertiary/aromatic N) is 1. The number of urea groups is 1. The molecule has 7 heteroatoms. The first-order valence-electron chi connectivity index (χ1n) is 6.88. The average Bonchev–Trinajstić information content (AvgIpc) is 3.00. The Morgan fingerprint density at radius 2 is 2.24 bits per heavy atom. The van der Waals surface area contributed by atoms with Crippen molar-refractivity contribution in [3.8, 4) is 0 Å². The van der Waals surface area contributed by atoms with E-state index in [4.69, 9.17) is 0 Å². The molecular formula is C14H19N3O3S. The highest BCUT2D eigenvalue weighted by atomic mass is 32.1. The van der Waals surface area contributed by atoms with E-state index in [-0.39, 0.29) is 18.4 Å². The topological polar surface area (TPSA) is 78.5 Å². The van der Waals surface area contributed by atoms with Crippen molar-refractivity contribution in [1.82, 2.24) is 15.5 Å². The van der Waals surface area contributed by atoms with Crippen LogP contribution in [-0.2, 0) is 16.1 Å². The molecule has 0 radical (unpaired) electrons. The second kappa shape index (κ2) is 6.71. The fourth-order valence-electron chi connectivity index (χ4n) is 2.16. The highest BCUT2D eigenvalue weighted by molar-refractivity contribution is 7.09. The molecule has 1 aromatic rings. The van der Waals surface area contributed by atoms with Gasteiger partial charge in [-0.2, -0.15) is 0 Å². The maximum Gasteiger partial charge on any atom is 0.325 e. The molecule has 21 heavy (non-hydrogen) atoms.